The normalized spacial score (nSPS) is 11.4. The van der Waals surface area contributed by atoms with Gasteiger partial charge in [-0.1, -0.05) is 0 Å². The highest BCUT2D eigenvalue weighted by molar-refractivity contribution is 7.19. The van der Waals surface area contributed by atoms with E-state index in [0.29, 0.717) is 0 Å². The summed E-state index contributed by atoms with van der Waals surface area (Å²) < 4.78 is 1.09. The van der Waals surface area contributed by atoms with Crippen LogP contribution in [0.5, 0.6) is 0 Å². The van der Waals surface area contributed by atoms with Crippen LogP contribution in [-0.2, 0) is 4.79 Å². The number of hydrogen-bond acceptors (Lipinski definition) is 3. The fourth-order valence-corrected chi connectivity index (χ4v) is 2.36. The fraction of sp³-hybridized carbons (Fsp3) is 0.167. The molecule has 3 nitrogen and oxygen atoms in total. The second kappa shape index (κ2) is 4.06. The first-order chi connectivity index (χ1) is 7.56. The lowest BCUT2D eigenvalue weighted by Gasteiger charge is -1.96. The van der Waals surface area contributed by atoms with Gasteiger partial charge in [0.05, 0.1) is 10.2 Å². The van der Waals surface area contributed by atoms with Crippen LogP contribution >= 0.6 is 11.3 Å². The molecule has 0 atom stereocenters. The number of carboxylic acids is 1. The Bertz CT molecular complexity index is 545. The molecule has 0 saturated heterocycles. The molecule has 0 unspecified atom stereocenters. The Kier molecular flexibility index (Phi) is 2.75. The Hall–Kier alpha value is -1.68. The minimum Gasteiger partial charge on any atom is -0.478 e. The van der Waals surface area contributed by atoms with Gasteiger partial charge in [0.1, 0.15) is 5.01 Å². The zero-order chi connectivity index (χ0) is 11.7. The van der Waals surface area contributed by atoms with Gasteiger partial charge in [-0.2, -0.15) is 0 Å². The number of fused-ring (bicyclic) bond motifs is 1. The maximum absolute atomic E-state index is 10.4. The zero-order valence-electron chi connectivity index (χ0n) is 9.02. The Labute approximate surface area is 97.1 Å². The summed E-state index contributed by atoms with van der Waals surface area (Å²) in [5.41, 5.74) is 3.36. The van der Waals surface area contributed by atoms with Crippen LogP contribution in [0.1, 0.15) is 16.1 Å². The van der Waals surface area contributed by atoms with E-state index in [1.165, 1.54) is 28.5 Å². The van der Waals surface area contributed by atoms with Gasteiger partial charge >= 0.3 is 5.97 Å². The maximum Gasteiger partial charge on any atom is 0.328 e. The molecular weight excluding hydrogens is 222 g/mol. The Morgan fingerprint density at radius 2 is 2.06 bits per heavy atom. The number of aliphatic carboxylic acids is 1. The molecule has 0 amide bonds. The van der Waals surface area contributed by atoms with Crippen LogP contribution < -0.4 is 0 Å². The number of benzene rings is 1. The molecule has 2 rings (SSSR count). The number of carboxylic acid groups (broad SMARTS) is 1. The molecule has 1 heterocycles. The lowest BCUT2D eigenvalue weighted by Crippen LogP contribution is -1.85. The van der Waals surface area contributed by atoms with Crippen LogP contribution in [0.3, 0.4) is 0 Å². The molecular formula is C12H11NO2S. The highest BCUT2D eigenvalue weighted by Crippen LogP contribution is 2.25. The van der Waals surface area contributed by atoms with E-state index in [1.54, 1.807) is 0 Å². The molecule has 0 radical (unpaired) electrons. The van der Waals surface area contributed by atoms with Crippen LogP contribution in [0.4, 0.5) is 0 Å². The third kappa shape index (κ3) is 2.12. The summed E-state index contributed by atoms with van der Waals surface area (Å²) in [6, 6.07) is 4.11. The first kappa shape index (κ1) is 10.8. The Morgan fingerprint density at radius 1 is 1.38 bits per heavy atom. The van der Waals surface area contributed by atoms with Gasteiger partial charge in [-0.05, 0) is 43.2 Å². The van der Waals surface area contributed by atoms with Crippen LogP contribution in [0.2, 0.25) is 0 Å². The molecule has 0 fully saturated rings. The highest BCUT2D eigenvalue weighted by atomic mass is 32.1. The predicted octanol–water partition coefficient (Wildman–Crippen LogP) is 3.01. The molecule has 16 heavy (non-hydrogen) atoms. The van der Waals surface area contributed by atoms with Crippen molar-refractivity contribution in [3.63, 3.8) is 0 Å². The van der Waals surface area contributed by atoms with Crippen LogP contribution in [-0.4, -0.2) is 16.1 Å². The molecule has 0 aliphatic carbocycles. The van der Waals surface area contributed by atoms with E-state index in [2.05, 4.69) is 18.0 Å². The average Bonchev–Trinajstić information content (AvgIpc) is 2.58. The minimum atomic E-state index is -0.952. The maximum atomic E-state index is 10.4. The molecule has 2 aromatic rings. The molecule has 0 bridgehead atoms. The number of hydrogen-bond donors (Lipinski definition) is 1. The summed E-state index contributed by atoms with van der Waals surface area (Å²) in [4.78, 5) is 14.7. The first-order valence-electron chi connectivity index (χ1n) is 4.85. The van der Waals surface area contributed by atoms with Crippen LogP contribution in [0.15, 0.2) is 18.2 Å². The molecule has 1 N–H and O–H groups in total. The van der Waals surface area contributed by atoms with Gasteiger partial charge in [0.25, 0.3) is 0 Å². The zero-order valence-corrected chi connectivity index (χ0v) is 9.84. The molecule has 82 valence electrons. The summed E-state index contributed by atoms with van der Waals surface area (Å²) in [5, 5.41) is 9.25. The summed E-state index contributed by atoms with van der Waals surface area (Å²) in [7, 11) is 0. The molecule has 0 aliphatic rings. The number of nitrogens with zero attached hydrogens (tertiary/aromatic N) is 1. The Morgan fingerprint density at radius 3 is 2.75 bits per heavy atom. The lowest BCUT2D eigenvalue weighted by atomic mass is 10.1. The second-order valence-electron chi connectivity index (χ2n) is 3.63. The van der Waals surface area contributed by atoms with Crippen molar-refractivity contribution in [2.45, 2.75) is 13.8 Å². The number of aromatic nitrogens is 1. The molecule has 0 spiro atoms. The van der Waals surface area contributed by atoms with Gasteiger partial charge < -0.3 is 5.11 Å². The van der Waals surface area contributed by atoms with Crippen LogP contribution in [0, 0.1) is 13.8 Å². The SMILES string of the molecule is Cc1cc2nc(/C=C/C(=O)O)sc2cc1C. The van der Waals surface area contributed by atoms with Crippen molar-refractivity contribution in [3.8, 4) is 0 Å². The highest BCUT2D eigenvalue weighted by Gasteiger charge is 2.03. The minimum absolute atomic E-state index is 0.724. The van der Waals surface area contributed by atoms with Crippen molar-refractivity contribution in [2.75, 3.05) is 0 Å². The van der Waals surface area contributed by atoms with Gasteiger partial charge in [-0.15, -0.1) is 11.3 Å². The first-order valence-corrected chi connectivity index (χ1v) is 5.67. The van der Waals surface area contributed by atoms with E-state index < -0.39 is 5.97 Å². The summed E-state index contributed by atoms with van der Waals surface area (Å²) in [6.45, 7) is 4.10. The summed E-state index contributed by atoms with van der Waals surface area (Å²) in [6.07, 6.45) is 2.63. The second-order valence-corrected chi connectivity index (χ2v) is 4.69. The topological polar surface area (TPSA) is 50.2 Å². The van der Waals surface area contributed by atoms with Gasteiger partial charge in [-0.3, -0.25) is 0 Å². The molecule has 0 aliphatic heterocycles. The summed E-state index contributed by atoms with van der Waals surface area (Å²) in [5.74, 6) is -0.952. The van der Waals surface area contributed by atoms with E-state index in [1.807, 2.05) is 13.0 Å². The Balaban J connectivity index is 2.48. The van der Waals surface area contributed by atoms with Gasteiger partial charge in [0.2, 0.25) is 0 Å². The van der Waals surface area contributed by atoms with Gasteiger partial charge in [0.15, 0.2) is 0 Å². The number of rotatable bonds is 2. The van der Waals surface area contributed by atoms with E-state index in [-0.39, 0.29) is 0 Å². The smallest absolute Gasteiger partial charge is 0.328 e. The van der Waals surface area contributed by atoms with E-state index >= 15 is 0 Å². The van der Waals surface area contributed by atoms with E-state index in [4.69, 9.17) is 5.11 Å². The third-order valence-electron chi connectivity index (χ3n) is 2.39. The number of aryl methyl sites for hydroxylation is 2. The molecule has 1 aromatic carbocycles. The van der Waals surface area contributed by atoms with Gasteiger partial charge in [-0.25, -0.2) is 9.78 Å². The monoisotopic (exact) mass is 233 g/mol. The van der Waals surface area contributed by atoms with Crippen molar-refractivity contribution < 1.29 is 9.90 Å². The van der Waals surface area contributed by atoms with Crippen molar-refractivity contribution in [1.29, 1.82) is 0 Å². The van der Waals surface area contributed by atoms with Crippen LogP contribution in [0.25, 0.3) is 16.3 Å². The lowest BCUT2D eigenvalue weighted by molar-refractivity contribution is -0.131. The standard InChI is InChI=1S/C12H11NO2S/c1-7-5-9-10(6-8(7)2)16-11(13-9)3-4-12(14)15/h3-6H,1-2H3,(H,14,15)/b4-3+. The number of thiazole rings is 1. The van der Waals surface area contributed by atoms with E-state index in [0.717, 1.165) is 21.3 Å². The van der Waals surface area contributed by atoms with E-state index in [9.17, 15) is 4.79 Å². The van der Waals surface area contributed by atoms with Crippen molar-refractivity contribution >= 4 is 33.6 Å². The molecule has 4 heteroatoms. The molecule has 1 aromatic heterocycles. The fourth-order valence-electron chi connectivity index (χ4n) is 1.41. The average molecular weight is 233 g/mol. The summed E-state index contributed by atoms with van der Waals surface area (Å²) >= 11 is 1.50. The van der Waals surface area contributed by atoms with Crippen molar-refractivity contribution in [2.24, 2.45) is 0 Å². The largest absolute Gasteiger partial charge is 0.478 e. The van der Waals surface area contributed by atoms with Crippen molar-refractivity contribution in [3.05, 3.63) is 34.3 Å². The third-order valence-corrected chi connectivity index (χ3v) is 3.37. The molecule has 0 saturated carbocycles. The van der Waals surface area contributed by atoms with Crippen molar-refractivity contribution in [1.82, 2.24) is 4.98 Å². The number of carbonyl (C=O) groups is 1. The quantitative estimate of drug-likeness (QED) is 0.811. The van der Waals surface area contributed by atoms with Gasteiger partial charge in [0, 0.05) is 6.08 Å². The predicted molar refractivity (Wildman–Crippen MR) is 65.8 cm³/mol.